The molecule has 1 aromatic rings. The zero-order valence-electron chi connectivity index (χ0n) is 12.0. The van der Waals surface area contributed by atoms with E-state index < -0.39 is 6.09 Å². The summed E-state index contributed by atoms with van der Waals surface area (Å²) in [7, 11) is 0. The Hall–Kier alpha value is -0.820. The number of amides is 1. The van der Waals surface area contributed by atoms with Gasteiger partial charge in [-0.3, -0.25) is 0 Å². The van der Waals surface area contributed by atoms with Crippen LogP contribution < -0.4 is 5.32 Å². The fourth-order valence-corrected chi connectivity index (χ4v) is 3.50. The van der Waals surface area contributed by atoms with Gasteiger partial charge in [0.15, 0.2) is 0 Å². The number of likely N-dealkylation sites (tertiary alicyclic amines) is 1. The van der Waals surface area contributed by atoms with Gasteiger partial charge >= 0.3 is 6.09 Å². The summed E-state index contributed by atoms with van der Waals surface area (Å²) in [4.78, 5) is 12.4. The summed E-state index contributed by atoms with van der Waals surface area (Å²) < 4.78 is 1.28. The lowest BCUT2D eigenvalue weighted by Gasteiger charge is -2.30. The standard InChI is InChI=1S/C16H21IN2O2/c17-13-3-1-12(2-4-13)14-9-15(14)18-10-11-5-7-19(8-6-11)16(20)21/h1-4,11,14-15,18H,5-10H2,(H,20,21)/t14-,15+/m0/s1. The molecular formula is C16H21IN2O2. The number of nitrogens with zero attached hydrogens (tertiary/aromatic N) is 1. The van der Waals surface area contributed by atoms with Crippen LogP contribution >= 0.6 is 22.6 Å². The van der Waals surface area contributed by atoms with Gasteiger partial charge < -0.3 is 15.3 Å². The van der Waals surface area contributed by atoms with Crippen molar-refractivity contribution in [2.75, 3.05) is 19.6 Å². The molecule has 1 aliphatic carbocycles. The van der Waals surface area contributed by atoms with Crippen LogP contribution in [0.4, 0.5) is 4.79 Å². The Morgan fingerprint density at radius 2 is 1.95 bits per heavy atom. The summed E-state index contributed by atoms with van der Waals surface area (Å²) >= 11 is 2.34. The smallest absolute Gasteiger partial charge is 0.407 e. The first-order valence-electron chi connectivity index (χ1n) is 7.60. The van der Waals surface area contributed by atoms with Crippen LogP contribution in [-0.4, -0.2) is 41.8 Å². The van der Waals surface area contributed by atoms with E-state index in [0.717, 1.165) is 19.4 Å². The van der Waals surface area contributed by atoms with Crippen molar-refractivity contribution in [1.82, 2.24) is 10.2 Å². The second-order valence-corrected chi connectivity index (χ2v) is 7.37. The Labute approximate surface area is 139 Å². The predicted molar refractivity (Wildman–Crippen MR) is 90.6 cm³/mol. The molecule has 1 heterocycles. The van der Waals surface area contributed by atoms with Crippen LogP contribution in [0.15, 0.2) is 24.3 Å². The molecule has 1 aliphatic heterocycles. The lowest BCUT2D eigenvalue weighted by atomic mass is 9.97. The third-order valence-electron chi connectivity index (χ3n) is 4.64. The van der Waals surface area contributed by atoms with Crippen LogP contribution in [0.25, 0.3) is 0 Å². The van der Waals surface area contributed by atoms with Crippen LogP contribution in [0.5, 0.6) is 0 Å². The van der Waals surface area contributed by atoms with Crippen molar-refractivity contribution >= 4 is 28.7 Å². The zero-order chi connectivity index (χ0) is 14.8. The van der Waals surface area contributed by atoms with Gasteiger partial charge in [-0.15, -0.1) is 0 Å². The van der Waals surface area contributed by atoms with Gasteiger partial charge in [-0.25, -0.2) is 4.79 Å². The van der Waals surface area contributed by atoms with Gasteiger partial charge in [0.25, 0.3) is 0 Å². The van der Waals surface area contributed by atoms with Crippen molar-refractivity contribution in [3.8, 4) is 0 Å². The molecule has 4 nitrogen and oxygen atoms in total. The minimum atomic E-state index is -0.776. The first kappa shape index (κ1) is 15.1. The molecule has 114 valence electrons. The highest BCUT2D eigenvalue weighted by atomic mass is 127. The van der Waals surface area contributed by atoms with E-state index in [2.05, 4.69) is 52.2 Å². The topological polar surface area (TPSA) is 52.6 Å². The van der Waals surface area contributed by atoms with Gasteiger partial charge in [-0.05, 0) is 72.0 Å². The Bertz CT molecular complexity index is 498. The van der Waals surface area contributed by atoms with E-state index in [1.54, 1.807) is 0 Å². The molecule has 2 aliphatic rings. The van der Waals surface area contributed by atoms with Gasteiger partial charge in [0, 0.05) is 28.6 Å². The Morgan fingerprint density at radius 1 is 1.29 bits per heavy atom. The molecule has 2 atom stereocenters. The van der Waals surface area contributed by atoms with Crippen LogP contribution in [0.1, 0.15) is 30.7 Å². The Morgan fingerprint density at radius 3 is 2.57 bits per heavy atom. The molecule has 21 heavy (non-hydrogen) atoms. The van der Waals surface area contributed by atoms with Crippen molar-refractivity contribution in [3.05, 3.63) is 33.4 Å². The quantitative estimate of drug-likeness (QED) is 0.764. The Balaban J connectivity index is 1.40. The van der Waals surface area contributed by atoms with Crippen LogP contribution in [0.3, 0.4) is 0 Å². The number of hydrogen-bond acceptors (Lipinski definition) is 2. The number of piperidine rings is 1. The van der Waals surface area contributed by atoms with Crippen LogP contribution in [0, 0.1) is 9.49 Å². The first-order valence-corrected chi connectivity index (χ1v) is 8.68. The molecule has 2 fully saturated rings. The highest BCUT2D eigenvalue weighted by molar-refractivity contribution is 14.1. The third kappa shape index (κ3) is 3.88. The number of benzene rings is 1. The summed E-state index contributed by atoms with van der Waals surface area (Å²) in [6.45, 7) is 2.40. The molecule has 0 bridgehead atoms. The van der Waals surface area contributed by atoms with Crippen molar-refractivity contribution in [1.29, 1.82) is 0 Å². The maximum atomic E-state index is 10.9. The minimum Gasteiger partial charge on any atom is -0.465 e. The summed E-state index contributed by atoms with van der Waals surface area (Å²) in [5.41, 5.74) is 1.44. The molecule has 0 spiro atoms. The lowest BCUT2D eigenvalue weighted by Crippen LogP contribution is -2.40. The van der Waals surface area contributed by atoms with E-state index in [1.807, 2.05) is 0 Å². The first-order chi connectivity index (χ1) is 10.1. The average Bonchev–Trinajstić information content (AvgIpc) is 3.26. The predicted octanol–water partition coefficient (Wildman–Crippen LogP) is 3.13. The second kappa shape index (κ2) is 6.52. The zero-order valence-corrected chi connectivity index (χ0v) is 14.1. The fraction of sp³-hybridized carbons (Fsp3) is 0.562. The normalized spacial score (nSPS) is 25.9. The number of carboxylic acid groups (broad SMARTS) is 1. The van der Waals surface area contributed by atoms with E-state index >= 15 is 0 Å². The van der Waals surface area contributed by atoms with Crippen molar-refractivity contribution in [2.45, 2.75) is 31.2 Å². The minimum absolute atomic E-state index is 0.613. The molecule has 1 saturated heterocycles. The van der Waals surface area contributed by atoms with Crippen molar-refractivity contribution < 1.29 is 9.90 Å². The van der Waals surface area contributed by atoms with Gasteiger partial charge in [0.05, 0.1) is 0 Å². The van der Waals surface area contributed by atoms with E-state index in [1.165, 1.54) is 20.5 Å². The van der Waals surface area contributed by atoms with Crippen LogP contribution in [-0.2, 0) is 0 Å². The molecular weight excluding hydrogens is 379 g/mol. The molecule has 1 aromatic carbocycles. The molecule has 0 unspecified atom stereocenters. The average molecular weight is 400 g/mol. The summed E-state index contributed by atoms with van der Waals surface area (Å²) in [5, 5.41) is 12.6. The molecule has 0 radical (unpaired) electrons. The van der Waals surface area contributed by atoms with E-state index in [4.69, 9.17) is 5.11 Å². The largest absolute Gasteiger partial charge is 0.465 e. The van der Waals surface area contributed by atoms with E-state index in [-0.39, 0.29) is 0 Å². The molecule has 1 amide bonds. The van der Waals surface area contributed by atoms with E-state index in [9.17, 15) is 4.79 Å². The van der Waals surface area contributed by atoms with Crippen LogP contribution in [0.2, 0.25) is 0 Å². The number of rotatable bonds is 4. The van der Waals surface area contributed by atoms with Gasteiger partial charge in [-0.1, -0.05) is 12.1 Å². The molecule has 0 aromatic heterocycles. The highest BCUT2D eigenvalue weighted by Gasteiger charge is 2.38. The lowest BCUT2D eigenvalue weighted by molar-refractivity contribution is 0.124. The van der Waals surface area contributed by atoms with Gasteiger partial charge in [-0.2, -0.15) is 0 Å². The van der Waals surface area contributed by atoms with Gasteiger partial charge in [0.2, 0.25) is 0 Å². The van der Waals surface area contributed by atoms with Gasteiger partial charge in [0.1, 0.15) is 0 Å². The number of halogens is 1. The molecule has 5 heteroatoms. The third-order valence-corrected chi connectivity index (χ3v) is 5.36. The Kier molecular flexibility index (Phi) is 4.69. The summed E-state index contributed by atoms with van der Waals surface area (Å²) in [5.74, 6) is 1.29. The number of hydrogen-bond donors (Lipinski definition) is 2. The maximum Gasteiger partial charge on any atom is 0.407 e. The maximum absolute atomic E-state index is 10.9. The second-order valence-electron chi connectivity index (χ2n) is 6.12. The number of nitrogens with one attached hydrogen (secondary N) is 1. The van der Waals surface area contributed by atoms with Crippen molar-refractivity contribution in [3.63, 3.8) is 0 Å². The molecule has 1 saturated carbocycles. The highest BCUT2D eigenvalue weighted by Crippen LogP contribution is 2.41. The summed E-state index contributed by atoms with van der Waals surface area (Å²) in [6, 6.07) is 9.43. The van der Waals surface area contributed by atoms with E-state index in [0.29, 0.717) is 31.0 Å². The van der Waals surface area contributed by atoms with Crippen molar-refractivity contribution in [2.24, 2.45) is 5.92 Å². The SMILES string of the molecule is O=C(O)N1CCC(CN[C@@H]2C[C@H]2c2ccc(I)cc2)CC1. The summed E-state index contributed by atoms with van der Waals surface area (Å²) in [6.07, 6.45) is 2.43. The number of carbonyl (C=O) groups is 1. The fourth-order valence-electron chi connectivity index (χ4n) is 3.15. The molecule has 3 rings (SSSR count). The monoisotopic (exact) mass is 400 g/mol. The molecule has 2 N–H and O–H groups in total.